The Labute approximate surface area is 73.4 Å². The smallest absolute Gasteiger partial charge is 0.328 e. The number of hydrogen-bond acceptors (Lipinski definition) is 1. The van der Waals surface area contributed by atoms with Crippen LogP contribution in [0, 0.1) is 0 Å². The van der Waals surface area contributed by atoms with Gasteiger partial charge in [0.15, 0.2) is 3.74 Å². The summed E-state index contributed by atoms with van der Waals surface area (Å²) in [6.45, 7) is 0. The zero-order valence-electron chi connectivity index (χ0n) is 2.99. The van der Waals surface area contributed by atoms with E-state index in [9.17, 15) is 4.79 Å². The third-order valence-corrected chi connectivity index (χ3v) is 0.970. The minimum Gasteiger partial charge on any atom is -0.480 e. The molecule has 0 amide bonds. The zero-order valence-corrected chi connectivity index (χ0v) is 7.64. The summed E-state index contributed by atoms with van der Waals surface area (Å²) in [5.41, 5.74) is 0. The number of carbonyl (C=O) groups is 1. The van der Waals surface area contributed by atoms with Crippen LogP contribution in [0.2, 0.25) is 0 Å². The maximum absolute atomic E-state index is 9.61. The first-order valence-corrected chi connectivity index (χ1v) is 2.98. The van der Waals surface area contributed by atoms with Crippen molar-refractivity contribution in [3.63, 3.8) is 0 Å². The molecule has 0 saturated carbocycles. The van der Waals surface area contributed by atoms with Crippen LogP contribution in [-0.2, 0) is 27.2 Å². The quantitative estimate of drug-likeness (QED) is 0.581. The second kappa shape index (κ2) is 5.31. The van der Waals surface area contributed by atoms with Gasteiger partial charge in [0.25, 0.3) is 0 Å². The minimum absolute atomic E-state index is 0. The monoisotopic (exact) mass is 323 g/mol. The van der Waals surface area contributed by atoms with Gasteiger partial charge in [0, 0.05) is 22.4 Å². The van der Waals surface area contributed by atoms with Crippen LogP contribution in [0.4, 0.5) is 0 Å². The van der Waals surface area contributed by atoms with E-state index in [1.165, 1.54) is 0 Å². The van der Waals surface area contributed by atoms with Gasteiger partial charge in [-0.25, -0.2) is 0 Å². The topological polar surface area (TPSA) is 37.3 Å². The van der Waals surface area contributed by atoms with Gasteiger partial charge in [-0.05, 0) is 0 Å². The van der Waals surface area contributed by atoms with E-state index in [-0.39, 0.29) is 22.4 Å². The largest absolute Gasteiger partial charge is 0.480 e. The van der Waals surface area contributed by atoms with Gasteiger partial charge in [-0.15, -0.1) is 0 Å². The first-order valence-electron chi connectivity index (χ1n) is 1.15. The van der Waals surface area contributed by atoms with Crippen LogP contribution in [0.5, 0.6) is 0 Å². The molecule has 0 aromatic rings. The van der Waals surface area contributed by atoms with E-state index in [4.69, 9.17) is 5.11 Å². The third-order valence-electron chi connectivity index (χ3n) is 0.187. The fourth-order valence-corrected chi connectivity index (χ4v) is 0. The van der Waals surface area contributed by atoms with Gasteiger partial charge in [-0.1, -0.05) is 31.9 Å². The number of hydrogen-bond donors (Lipinski definition) is 1. The Morgan fingerprint density at radius 3 is 1.71 bits per heavy atom. The van der Waals surface area contributed by atoms with Crippen molar-refractivity contribution in [1.29, 1.82) is 0 Å². The first-order chi connectivity index (χ1) is 2.64. The van der Waals surface area contributed by atoms with Crippen molar-refractivity contribution in [2.24, 2.45) is 0 Å². The molecule has 0 spiro atoms. The molecule has 0 atom stereocenters. The average Bonchev–Trinajstić information content (AvgIpc) is 1.36. The Morgan fingerprint density at radius 1 is 1.57 bits per heavy atom. The molecular formula is C2H2AgBr2O2. The normalized spacial score (nSPS) is 7.86. The van der Waals surface area contributed by atoms with Crippen molar-refractivity contribution in [2.45, 2.75) is 3.74 Å². The molecule has 0 unspecified atom stereocenters. The molecule has 1 radical (unpaired) electrons. The Balaban J connectivity index is 0. The van der Waals surface area contributed by atoms with Crippen molar-refractivity contribution in [3.05, 3.63) is 0 Å². The van der Waals surface area contributed by atoms with Crippen LogP contribution in [-0.4, -0.2) is 14.8 Å². The summed E-state index contributed by atoms with van der Waals surface area (Å²) < 4.78 is -0.606. The van der Waals surface area contributed by atoms with Crippen LogP contribution < -0.4 is 0 Å². The predicted octanol–water partition coefficient (Wildman–Crippen LogP) is 1.18. The van der Waals surface area contributed by atoms with Crippen LogP contribution in [0.1, 0.15) is 0 Å². The number of rotatable bonds is 1. The van der Waals surface area contributed by atoms with Crippen LogP contribution >= 0.6 is 31.9 Å². The molecule has 0 heterocycles. The third kappa shape index (κ3) is 7.17. The summed E-state index contributed by atoms with van der Waals surface area (Å²) in [6, 6.07) is 0. The van der Waals surface area contributed by atoms with Crippen LogP contribution in [0.25, 0.3) is 0 Å². The van der Waals surface area contributed by atoms with Crippen molar-refractivity contribution in [2.75, 3.05) is 0 Å². The van der Waals surface area contributed by atoms with E-state index in [0.717, 1.165) is 0 Å². The maximum Gasteiger partial charge on any atom is 0.328 e. The summed E-state index contributed by atoms with van der Waals surface area (Å²) in [5, 5.41) is 7.90. The molecule has 0 rings (SSSR count). The summed E-state index contributed by atoms with van der Waals surface area (Å²) in [4.78, 5) is 9.61. The number of aliphatic carboxylic acids is 1. The second-order valence-electron chi connectivity index (χ2n) is 0.639. The molecule has 1 N–H and O–H groups in total. The number of alkyl halides is 2. The fraction of sp³-hybridized carbons (Fsp3) is 0.500. The first kappa shape index (κ1) is 11.0. The molecule has 0 bridgehead atoms. The second-order valence-corrected chi connectivity index (χ2v) is 3.70. The van der Waals surface area contributed by atoms with Gasteiger partial charge in [0.1, 0.15) is 0 Å². The molecule has 0 saturated heterocycles. The van der Waals surface area contributed by atoms with Crippen molar-refractivity contribution in [1.82, 2.24) is 0 Å². The summed E-state index contributed by atoms with van der Waals surface area (Å²) in [6.07, 6.45) is 0. The van der Waals surface area contributed by atoms with Crippen molar-refractivity contribution < 1.29 is 32.3 Å². The number of carboxylic acid groups (broad SMARTS) is 1. The van der Waals surface area contributed by atoms with Crippen LogP contribution in [0.3, 0.4) is 0 Å². The minimum atomic E-state index is -0.907. The van der Waals surface area contributed by atoms with E-state index >= 15 is 0 Å². The molecule has 0 aromatic carbocycles. The Kier molecular flexibility index (Phi) is 8.37. The molecule has 0 aliphatic rings. The van der Waals surface area contributed by atoms with E-state index in [2.05, 4.69) is 31.9 Å². The number of carboxylic acids is 1. The van der Waals surface area contributed by atoms with Gasteiger partial charge >= 0.3 is 5.97 Å². The predicted molar refractivity (Wildman–Crippen MR) is 29.3 cm³/mol. The fourth-order valence-electron chi connectivity index (χ4n) is 0. The number of halogens is 2. The van der Waals surface area contributed by atoms with Crippen molar-refractivity contribution in [3.8, 4) is 0 Å². The molecular weight excluding hydrogens is 324 g/mol. The molecule has 0 aromatic heterocycles. The SMILES string of the molecule is O=C(O)C(Br)Br.[Ag]. The van der Waals surface area contributed by atoms with Gasteiger partial charge in [-0.2, -0.15) is 0 Å². The van der Waals surface area contributed by atoms with Crippen molar-refractivity contribution >= 4 is 37.8 Å². The summed E-state index contributed by atoms with van der Waals surface area (Å²) in [7, 11) is 0. The average molecular weight is 326 g/mol. The Hall–Kier alpha value is 1.17. The van der Waals surface area contributed by atoms with Gasteiger partial charge in [0.2, 0.25) is 0 Å². The summed E-state index contributed by atoms with van der Waals surface area (Å²) in [5.74, 6) is -0.907. The molecule has 5 heteroatoms. The van der Waals surface area contributed by atoms with E-state index in [1.54, 1.807) is 0 Å². The molecule has 2 nitrogen and oxygen atoms in total. The standard InChI is InChI=1S/C2H2Br2O2.Ag/c3-1(4)2(5)6;/h1H,(H,5,6);. The summed E-state index contributed by atoms with van der Waals surface area (Å²) >= 11 is 5.51. The molecule has 47 valence electrons. The molecule has 7 heavy (non-hydrogen) atoms. The van der Waals surface area contributed by atoms with E-state index < -0.39 is 9.71 Å². The van der Waals surface area contributed by atoms with E-state index in [1.807, 2.05) is 0 Å². The van der Waals surface area contributed by atoms with Gasteiger partial charge in [0.05, 0.1) is 0 Å². The maximum atomic E-state index is 9.61. The Bertz CT molecular complexity index is 64.7. The van der Waals surface area contributed by atoms with Crippen LogP contribution in [0.15, 0.2) is 0 Å². The van der Waals surface area contributed by atoms with E-state index in [0.29, 0.717) is 0 Å². The molecule has 0 aliphatic heterocycles. The molecule has 0 fully saturated rings. The Morgan fingerprint density at radius 2 is 1.71 bits per heavy atom. The zero-order chi connectivity index (χ0) is 5.15. The van der Waals surface area contributed by atoms with Gasteiger partial charge < -0.3 is 5.11 Å². The molecule has 0 aliphatic carbocycles. The van der Waals surface area contributed by atoms with Gasteiger partial charge in [-0.3, -0.25) is 4.79 Å².